The lowest BCUT2D eigenvalue weighted by atomic mass is 9.73. The molecule has 4 N–H and O–H groups in total. The topological polar surface area (TPSA) is 175 Å². The maximum atomic E-state index is 13.2. The molecule has 216 valence electrons. The molecule has 3 amide bonds. The van der Waals surface area contributed by atoms with Crippen molar-refractivity contribution >= 4 is 35.5 Å². The zero-order valence-electron chi connectivity index (χ0n) is 22.6. The normalized spacial score (nSPS) is 31.6. The average molecular weight is 574 g/mol. The van der Waals surface area contributed by atoms with Crippen LogP contribution in [0.15, 0.2) is 16.9 Å². The SMILES string of the molecule is CC(NC(=O)Cn1cnnn1)[C@H]1C(=O)N2C(C(=O)O)=C(S[C@@H]3CN[C@H](C(=O)N4CCC5(CC4)CNC5)C3)[C@H](C)[C@H]12. The van der Waals surface area contributed by atoms with E-state index in [1.165, 1.54) is 27.7 Å². The first-order valence-corrected chi connectivity index (χ1v) is 14.8. The van der Waals surface area contributed by atoms with Gasteiger partial charge in [-0.05, 0) is 42.0 Å². The summed E-state index contributed by atoms with van der Waals surface area (Å²) in [5, 5.41) is 30.3. The van der Waals surface area contributed by atoms with Crippen molar-refractivity contribution in [3.63, 3.8) is 0 Å². The van der Waals surface area contributed by atoms with Gasteiger partial charge < -0.3 is 30.9 Å². The fourth-order valence-corrected chi connectivity index (χ4v) is 8.38. The summed E-state index contributed by atoms with van der Waals surface area (Å²) in [6.45, 7) is 7.87. The summed E-state index contributed by atoms with van der Waals surface area (Å²) >= 11 is 1.47. The summed E-state index contributed by atoms with van der Waals surface area (Å²) < 4.78 is 1.29. The van der Waals surface area contributed by atoms with Crippen LogP contribution in [0, 0.1) is 17.3 Å². The smallest absolute Gasteiger partial charge is 0.353 e. The molecule has 5 aliphatic rings. The summed E-state index contributed by atoms with van der Waals surface area (Å²) in [6, 6.07) is -1.12. The van der Waals surface area contributed by atoms with E-state index in [-0.39, 0.29) is 53.2 Å². The van der Waals surface area contributed by atoms with Crippen LogP contribution in [0.4, 0.5) is 0 Å². The fourth-order valence-electron chi connectivity index (χ4n) is 6.90. The molecule has 1 spiro atoms. The first-order valence-electron chi connectivity index (χ1n) is 13.9. The molecule has 0 saturated carbocycles. The monoisotopic (exact) mass is 573 g/mol. The number of hydrogen-bond acceptors (Lipinski definition) is 10. The maximum absolute atomic E-state index is 13.2. The van der Waals surface area contributed by atoms with E-state index >= 15 is 0 Å². The van der Waals surface area contributed by atoms with Gasteiger partial charge in [-0.1, -0.05) is 6.92 Å². The Morgan fingerprint density at radius 3 is 2.65 bits per heavy atom. The minimum Gasteiger partial charge on any atom is -0.477 e. The molecule has 6 rings (SSSR count). The zero-order valence-corrected chi connectivity index (χ0v) is 23.4. The summed E-state index contributed by atoms with van der Waals surface area (Å²) in [6.07, 6.45) is 4.01. The first-order chi connectivity index (χ1) is 19.2. The zero-order chi connectivity index (χ0) is 28.2. The summed E-state index contributed by atoms with van der Waals surface area (Å²) in [4.78, 5) is 55.2. The van der Waals surface area contributed by atoms with Gasteiger partial charge in [-0.25, -0.2) is 9.48 Å². The van der Waals surface area contributed by atoms with Crippen molar-refractivity contribution in [1.82, 2.24) is 46.0 Å². The number of carbonyl (C=O) groups is 4. The number of β-lactam (4-membered cyclic amide) rings is 1. The molecule has 6 heterocycles. The number of nitrogens with zero attached hydrogens (tertiary/aromatic N) is 6. The van der Waals surface area contributed by atoms with Gasteiger partial charge in [0.1, 0.15) is 18.6 Å². The molecule has 1 aromatic rings. The van der Waals surface area contributed by atoms with Crippen molar-refractivity contribution in [3.05, 3.63) is 16.9 Å². The Balaban J connectivity index is 1.07. The third-order valence-corrected chi connectivity index (χ3v) is 10.7. The molecule has 14 nitrogen and oxygen atoms in total. The van der Waals surface area contributed by atoms with E-state index in [2.05, 4.69) is 31.5 Å². The number of carboxylic acid groups (broad SMARTS) is 1. The van der Waals surface area contributed by atoms with Crippen LogP contribution in [0.1, 0.15) is 33.1 Å². The van der Waals surface area contributed by atoms with Gasteiger partial charge in [-0.15, -0.1) is 16.9 Å². The minimum absolute atomic E-state index is 0.0217. The van der Waals surface area contributed by atoms with Gasteiger partial charge in [0.25, 0.3) is 0 Å². The largest absolute Gasteiger partial charge is 0.477 e. The maximum Gasteiger partial charge on any atom is 0.353 e. The van der Waals surface area contributed by atoms with Gasteiger partial charge in [-0.3, -0.25) is 14.4 Å². The average Bonchev–Trinajstić information content (AvgIpc) is 3.63. The Morgan fingerprint density at radius 1 is 1.27 bits per heavy atom. The molecule has 4 saturated heterocycles. The Morgan fingerprint density at radius 2 is 2.02 bits per heavy atom. The number of carbonyl (C=O) groups excluding carboxylic acids is 3. The number of carboxylic acids is 1. The molecule has 0 bridgehead atoms. The highest BCUT2D eigenvalue weighted by Gasteiger charge is 2.60. The van der Waals surface area contributed by atoms with Gasteiger partial charge in [-0.2, -0.15) is 0 Å². The van der Waals surface area contributed by atoms with Crippen LogP contribution in [0.25, 0.3) is 0 Å². The molecule has 5 aliphatic heterocycles. The van der Waals surface area contributed by atoms with Crippen LogP contribution < -0.4 is 16.0 Å². The molecule has 6 atom stereocenters. The number of aromatic nitrogens is 4. The van der Waals surface area contributed by atoms with E-state index < -0.39 is 17.9 Å². The Labute approximate surface area is 235 Å². The van der Waals surface area contributed by atoms with E-state index in [0.29, 0.717) is 23.3 Å². The Bertz CT molecular complexity index is 1230. The van der Waals surface area contributed by atoms with E-state index in [1.54, 1.807) is 6.92 Å². The Hall–Kier alpha value is -3.04. The van der Waals surface area contributed by atoms with E-state index in [1.807, 2.05) is 11.8 Å². The van der Waals surface area contributed by atoms with Crippen molar-refractivity contribution in [2.75, 3.05) is 32.7 Å². The number of thioether (sulfide) groups is 1. The fraction of sp³-hybridized carbons (Fsp3) is 0.720. The van der Waals surface area contributed by atoms with E-state index in [4.69, 9.17) is 0 Å². The highest BCUT2D eigenvalue weighted by Crippen LogP contribution is 2.52. The molecule has 15 heteroatoms. The quantitative estimate of drug-likeness (QED) is 0.270. The number of rotatable bonds is 8. The van der Waals surface area contributed by atoms with Crippen molar-refractivity contribution in [1.29, 1.82) is 0 Å². The third kappa shape index (κ3) is 4.67. The molecule has 0 aromatic carbocycles. The van der Waals surface area contributed by atoms with E-state index in [0.717, 1.165) is 39.0 Å². The van der Waals surface area contributed by atoms with Gasteiger partial charge in [0.05, 0.1) is 18.0 Å². The second kappa shape index (κ2) is 10.4. The van der Waals surface area contributed by atoms with Crippen LogP contribution in [0.2, 0.25) is 0 Å². The second-order valence-corrected chi connectivity index (χ2v) is 13.1. The van der Waals surface area contributed by atoms with Gasteiger partial charge in [0.2, 0.25) is 17.7 Å². The predicted octanol–water partition coefficient (Wildman–Crippen LogP) is -1.37. The van der Waals surface area contributed by atoms with Crippen molar-refractivity contribution in [3.8, 4) is 0 Å². The highest BCUT2D eigenvalue weighted by molar-refractivity contribution is 8.03. The van der Waals surface area contributed by atoms with Crippen LogP contribution in [-0.2, 0) is 25.7 Å². The second-order valence-electron chi connectivity index (χ2n) is 11.8. The lowest BCUT2D eigenvalue weighted by Gasteiger charge is -2.48. The summed E-state index contributed by atoms with van der Waals surface area (Å²) in [5.74, 6) is -2.39. The number of piperidine rings is 1. The number of fused-ring (bicyclic) bond motifs is 1. The predicted molar refractivity (Wildman–Crippen MR) is 142 cm³/mol. The lowest BCUT2D eigenvalue weighted by molar-refractivity contribution is -0.158. The third-order valence-electron chi connectivity index (χ3n) is 9.23. The molecular formula is C25H35N9O5S. The van der Waals surface area contributed by atoms with Gasteiger partial charge in [0.15, 0.2) is 0 Å². The number of aliphatic carboxylic acids is 1. The van der Waals surface area contributed by atoms with Crippen LogP contribution in [0.3, 0.4) is 0 Å². The molecule has 4 fully saturated rings. The summed E-state index contributed by atoms with van der Waals surface area (Å²) in [5.41, 5.74) is 0.400. The number of amides is 3. The van der Waals surface area contributed by atoms with Gasteiger partial charge in [0, 0.05) is 54.8 Å². The van der Waals surface area contributed by atoms with Gasteiger partial charge >= 0.3 is 5.97 Å². The number of likely N-dealkylation sites (tertiary alicyclic amines) is 1. The van der Waals surface area contributed by atoms with Crippen LogP contribution in [0.5, 0.6) is 0 Å². The minimum atomic E-state index is -1.13. The van der Waals surface area contributed by atoms with Crippen LogP contribution >= 0.6 is 11.8 Å². The molecule has 0 radical (unpaired) electrons. The van der Waals surface area contributed by atoms with E-state index in [9.17, 15) is 24.3 Å². The molecule has 1 unspecified atom stereocenters. The number of tetrazole rings is 1. The van der Waals surface area contributed by atoms with Crippen molar-refractivity contribution < 1.29 is 24.3 Å². The molecule has 1 aromatic heterocycles. The molecule has 40 heavy (non-hydrogen) atoms. The van der Waals surface area contributed by atoms with Crippen molar-refractivity contribution in [2.45, 2.75) is 63.0 Å². The van der Waals surface area contributed by atoms with Crippen LogP contribution in [-0.4, -0.2) is 115 Å². The first kappa shape index (κ1) is 27.1. The molecule has 0 aliphatic carbocycles. The summed E-state index contributed by atoms with van der Waals surface area (Å²) in [7, 11) is 0. The number of nitrogens with one attached hydrogen (secondary N) is 3. The Kier molecular flexibility index (Phi) is 7.07. The lowest BCUT2D eigenvalue weighted by Crippen LogP contribution is -2.66. The molecular weight excluding hydrogens is 538 g/mol. The standard InChI is InChI=1S/C25H35N9O5S/c1-13-19-18(14(2)29-17(35)9-33-12-28-30-31-33)23(37)34(19)20(24(38)39)21(13)40-15-7-16(27-8-15)22(36)32-5-3-25(4-6-32)10-26-11-25/h12-16,18-19,26-27H,3-11H2,1-2H3,(H,29,35)(H,38,39)/t13-,14?,15+,16+,18-,19-/m1/s1. The van der Waals surface area contributed by atoms with Crippen molar-refractivity contribution in [2.24, 2.45) is 17.3 Å². The highest BCUT2D eigenvalue weighted by atomic mass is 32.2. The number of hydrogen-bond donors (Lipinski definition) is 4.